The van der Waals surface area contributed by atoms with Gasteiger partial charge in [-0.25, -0.2) is 0 Å². The number of hydrazone groups is 1. The van der Waals surface area contributed by atoms with Gasteiger partial charge in [-0.2, -0.15) is 5.10 Å². The third-order valence-electron chi connectivity index (χ3n) is 5.59. The largest absolute Gasteiger partial charge is 0.493 e. The number of ether oxygens (including phenoxy) is 3. The lowest BCUT2D eigenvalue weighted by atomic mass is 9.93. The molecule has 2 aliphatic rings. The lowest BCUT2D eigenvalue weighted by Crippen LogP contribution is -2.32. The summed E-state index contributed by atoms with van der Waals surface area (Å²) in [5.74, 6) is 0.388. The number of hydrogen-bond acceptors (Lipinski definition) is 7. The van der Waals surface area contributed by atoms with Crippen LogP contribution in [0.15, 0.2) is 47.6 Å². The van der Waals surface area contributed by atoms with Crippen LogP contribution >= 0.6 is 0 Å². The first-order chi connectivity index (χ1) is 16.1. The molecule has 1 amide bonds. The van der Waals surface area contributed by atoms with Crippen LogP contribution < -0.4 is 10.1 Å². The van der Waals surface area contributed by atoms with Crippen molar-refractivity contribution < 1.29 is 23.8 Å². The predicted octanol–water partition coefficient (Wildman–Crippen LogP) is 3.11. The SMILES string of the molecule is CCOC(=O)CC1COc2ccc(C(=O)Nc3ccc(C=NN4CCOCC4)cc3)cc2C1. The van der Waals surface area contributed by atoms with Gasteiger partial charge >= 0.3 is 5.97 Å². The standard InChI is InChI=1S/C25H29N3O5/c1-2-32-24(29)14-19-13-21-15-20(5-8-23(21)33-17-19)25(30)27-22-6-3-18(4-7-22)16-26-28-9-11-31-12-10-28/h3-8,15-16,19H,2,9-14,17H2,1H3,(H,27,30). The zero-order chi connectivity index (χ0) is 23.0. The van der Waals surface area contributed by atoms with Crippen molar-refractivity contribution >= 4 is 23.8 Å². The summed E-state index contributed by atoms with van der Waals surface area (Å²) in [6, 6.07) is 13.0. The molecule has 2 heterocycles. The maximum Gasteiger partial charge on any atom is 0.306 e. The molecule has 0 aromatic heterocycles. The van der Waals surface area contributed by atoms with Crippen molar-refractivity contribution in [1.29, 1.82) is 0 Å². The fourth-order valence-electron chi connectivity index (χ4n) is 3.86. The predicted molar refractivity (Wildman–Crippen MR) is 125 cm³/mol. The van der Waals surface area contributed by atoms with Gasteiger partial charge < -0.3 is 19.5 Å². The van der Waals surface area contributed by atoms with Gasteiger partial charge in [0.2, 0.25) is 0 Å². The number of hydrogen-bond donors (Lipinski definition) is 1. The van der Waals surface area contributed by atoms with Crippen molar-refractivity contribution in [2.75, 3.05) is 44.8 Å². The Hall–Kier alpha value is -3.39. The number of fused-ring (bicyclic) bond motifs is 1. The Morgan fingerprint density at radius 2 is 1.97 bits per heavy atom. The highest BCUT2D eigenvalue weighted by molar-refractivity contribution is 6.04. The number of nitrogens with zero attached hydrogens (tertiary/aromatic N) is 2. The van der Waals surface area contributed by atoms with E-state index in [1.807, 2.05) is 47.6 Å². The molecule has 33 heavy (non-hydrogen) atoms. The molecule has 0 saturated carbocycles. The van der Waals surface area contributed by atoms with Crippen molar-refractivity contribution in [2.24, 2.45) is 11.0 Å². The van der Waals surface area contributed by atoms with Crippen molar-refractivity contribution in [2.45, 2.75) is 19.8 Å². The molecule has 0 aliphatic carbocycles. The minimum Gasteiger partial charge on any atom is -0.493 e. The van der Waals surface area contributed by atoms with Crippen LogP contribution in [0.2, 0.25) is 0 Å². The summed E-state index contributed by atoms with van der Waals surface area (Å²) in [6.45, 7) is 5.61. The fourth-order valence-corrected chi connectivity index (χ4v) is 3.86. The maximum absolute atomic E-state index is 12.8. The average Bonchev–Trinajstić information content (AvgIpc) is 2.84. The number of amides is 1. The van der Waals surface area contributed by atoms with Crippen molar-refractivity contribution in [3.63, 3.8) is 0 Å². The Bertz CT molecular complexity index is 1000. The van der Waals surface area contributed by atoms with Crippen LogP contribution in [0.5, 0.6) is 5.75 Å². The lowest BCUT2D eigenvalue weighted by Gasteiger charge is -2.25. The molecule has 8 nitrogen and oxygen atoms in total. The number of morpholine rings is 1. The smallest absolute Gasteiger partial charge is 0.306 e. The van der Waals surface area contributed by atoms with Crippen LogP contribution in [0.25, 0.3) is 0 Å². The molecular formula is C25H29N3O5. The highest BCUT2D eigenvalue weighted by Crippen LogP contribution is 2.30. The molecule has 174 valence electrons. The van der Waals surface area contributed by atoms with E-state index in [0.717, 1.165) is 30.0 Å². The summed E-state index contributed by atoms with van der Waals surface area (Å²) in [5.41, 5.74) is 3.14. The minimum atomic E-state index is -0.220. The van der Waals surface area contributed by atoms with E-state index >= 15 is 0 Å². The van der Waals surface area contributed by atoms with Gasteiger partial charge in [0.15, 0.2) is 0 Å². The zero-order valence-corrected chi connectivity index (χ0v) is 18.8. The van der Waals surface area contributed by atoms with Gasteiger partial charge in [-0.15, -0.1) is 0 Å². The van der Waals surface area contributed by atoms with Crippen LogP contribution in [0.3, 0.4) is 0 Å². The second-order valence-electron chi connectivity index (χ2n) is 8.10. The quantitative estimate of drug-likeness (QED) is 0.514. The number of carbonyl (C=O) groups excluding carboxylic acids is 2. The number of anilines is 1. The molecular weight excluding hydrogens is 422 g/mol. The maximum atomic E-state index is 12.8. The fraction of sp³-hybridized carbons (Fsp3) is 0.400. The number of nitrogens with one attached hydrogen (secondary N) is 1. The van der Waals surface area contributed by atoms with Crippen molar-refractivity contribution in [3.05, 3.63) is 59.2 Å². The first kappa shape index (κ1) is 22.8. The number of rotatable bonds is 7. The van der Waals surface area contributed by atoms with Gasteiger partial charge in [-0.1, -0.05) is 12.1 Å². The van der Waals surface area contributed by atoms with Gasteiger partial charge in [-0.05, 0) is 54.8 Å². The summed E-state index contributed by atoms with van der Waals surface area (Å²) in [6.07, 6.45) is 2.80. The second-order valence-corrected chi connectivity index (χ2v) is 8.10. The minimum absolute atomic E-state index is 0.0431. The van der Waals surface area contributed by atoms with Crippen LogP contribution in [0.4, 0.5) is 5.69 Å². The van der Waals surface area contributed by atoms with Crippen molar-refractivity contribution in [1.82, 2.24) is 5.01 Å². The van der Waals surface area contributed by atoms with Crippen LogP contribution in [-0.2, 0) is 20.7 Å². The molecule has 8 heteroatoms. The van der Waals surface area contributed by atoms with Gasteiger partial charge in [0.1, 0.15) is 5.75 Å². The number of benzene rings is 2. The molecule has 0 radical (unpaired) electrons. The Morgan fingerprint density at radius 3 is 2.73 bits per heavy atom. The van der Waals surface area contributed by atoms with Gasteiger partial charge in [0, 0.05) is 17.2 Å². The van der Waals surface area contributed by atoms with E-state index < -0.39 is 0 Å². The highest BCUT2D eigenvalue weighted by atomic mass is 16.5. The summed E-state index contributed by atoms with van der Waals surface area (Å²) < 4.78 is 16.1. The topological polar surface area (TPSA) is 89.5 Å². The summed E-state index contributed by atoms with van der Waals surface area (Å²) in [5, 5.41) is 9.38. The molecule has 1 N–H and O–H groups in total. The summed E-state index contributed by atoms with van der Waals surface area (Å²) in [7, 11) is 0. The van der Waals surface area contributed by atoms with E-state index in [-0.39, 0.29) is 17.8 Å². The third-order valence-corrected chi connectivity index (χ3v) is 5.59. The van der Waals surface area contributed by atoms with Crippen LogP contribution in [-0.4, -0.2) is 62.6 Å². The average molecular weight is 452 g/mol. The Balaban J connectivity index is 1.35. The van der Waals surface area contributed by atoms with E-state index in [1.165, 1.54) is 0 Å². The van der Waals surface area contributed by atoms with E-state index in [0.29, 0.717) is 50.5 Å². The summed E-state index contributed by atoms with van der Waals surface area (Å²) >= 11 is 0. The van der Waals surface area contributed by atoms with E-state index in [2.05, 4.69) is 10.4 Å². The molecule has 0 spiro atoms. The molecule has 1 atom stereocenters. The Kier molecular flexibility index (Phi) is 7.57. The summed E-state index contributed by atoms with van der Waals surface area (Å²) in [4.78, 5) is 24.6. The van der Waals surface area contributed by atoms with Gasteiger partial charge in [-0.3, -0.25) is 14.6 Å². The lowest BCUT2D eigenvalue weighted by molar-refractivity contribution is -0.144. The molecule has 1 fully saturated rings. The number of carbonyl (C=O) groups is 2. The third kappa shape index (κ3) is 6.32. The van der Waals surface area contributed by atoms with Crippen LogP contribution in [0.1, 0.15) is 34.8 Å². The highest BCUT2D eigenvalue weighted by Gasteiger charge is 2.24. The van der Waals surface area contributed by atoms with Gasteiger partial charge in [0.05, 0.1) is 52.2 Å². The van der Waals surface area contributed by atoms with Crippen LogP contribution in [0, 0.1) is 5.92 Å². The molecule has 4 rings (SSSR count). The Labute approximate surface area is 193 Å². The molecule has 2 aliphatic heterocycles. The first-order valence-electron chi connectivity index (χ1n) is 11.3. The normalized spacial score (nSPS) is 17.8. The molecule has 2 aromatic carbocycles. The molecule has 0 bridgehead atoms. The van der Waals surface area contributed by atoms with Crippen molar-refractivity contribution in [3.8, 4) is 5.75 Å². The van der Waals surface area contributed by atoms with E-state index in [9.17, 15) is 9.59 Å². The first-order valence-corrected chi connectivity index (χ1v) is 11.3. The molecule has 1 saturated heterocycles. The molecule has 1 unspecified atom stereocenters. The monoisotopic (exact) mass is 451 g/mol. The van der Waals surface area contributed by atoms with E-state index in [1.54, 1.807) is 13.0 Å². The van der Waals surface area contributed by atoms with Gasteiger partial charge in [0.25, 0.3) is 5.91 Å². The Morgan fingerprint density at radius 1 is 1.18 bits per heavy atom. The zero-order valence-electron chi connectivity index (χ0n) is 18.8. The molecule has 2 aromatic rings. The van der Waals surface area contributed by atoms with E-state index in [4.69, 9.17) is 14.2 Å². The second kappa shape index (κ2) is 11.0. The number of esters is 1.